The van der Waals surface area contributed by atoms with Crippen LogP contribution < -0.4 is 0 Å². The molecule has 82 valence electrons. The summed E-state index contributed by atoms with van der Waals surface area (Å²) in [5.74, 6) is 0. The summed E-state index contributed by atoms with van der Waals surface area (Å²) in [7, 11) is 0. The van der Waals surface area contributed by atoms with E-state index in [0.29, 0.717) is 11.9 Å². The number of carboxylic acid groups (broad SMARTS) is 2. The third-order valence-corrected chi connectivity index (χ3v) is 2.65. The maximum absolute atomic E-state index is 10.7. The summed E-state index contributed by atoms with van der Waals surface area (Å²) in [5, 5.41) is 14.4. The average molecular weight is 222 g/mol. The van der Waals surface area contributed by atoms with Crippen molar-refractivity contribution >= 4 is 23.2 Å². The van der Waals surface area contributed by atoms with E-state index in [0.717, 1.165) is 19.3 Å². The first kappa shape index (κ1) is 13.1. The predicted molar refractivity (Wildman–Crippen MR) is 52.9 cm³/mol. The number of thioether (sulfide) groups is 1. The van der Waals surface area contributed by atoms with Gasteiger partial charge in [0.15, 0.2) is 0 Å². The molecule has 14 heavy (non-hydrogen) atoms. The molecule has 1 rings (SSSR count). The van der Waals surface area contributed by atoms with Crippen LogP contribution in [0.3, 0.4) is 0 Å². The molecule has 2 N–H and O–H groups in total. The second-order valence-corrected chi connectivity index (χ2v) is 3.93. The van der Waals surface area contributed by atoms with Crippen molar-refractivity contribution in [2.75, 3.05) is 6.61 Å². The normalized spacial score (nSPS) is 20.4. The lowest BCUT2D eigenvalue weighted by Gasteiger charge is -2.19. The standard InChI is InChI=1S/C7H12O2S.CH2O3/c1-2-3-6-4-5-9-7(8)10-6;2-1(3)4/h6H,2-5H2,1H3;(H2,2,3,4). The van der Waals surface area contributed by atoms with Crippen LogP contribution in [0.25, 0.3) is 0 Å². The number of hydrogen-bond acceptors (Lipinski definition) is 4. The lowest BCUT2D eigenvalue weighted by atomic mass is 10.2. The van der Waals surface area contributed by atoms with Gasteiger partial charge in [-0.15, -0.1) is 0 Å². The van der Waals surface area contributed by atoms with Crippen LogP contribution in [0, 0.1) is 0 Å². The fraction of sp³-hybridized carbons (Fsp3) is 0.750. The molecule has 1 fully saturated rings. The second kappa shape index (κ2) is 7.49. The minimum atomic E-state index is -1.83. The number of cyclic esters (lactones) is 1. The van der Waals surface area contributed by atoms with Crippen molar-refractivity contribution in [3.63, 3.8) is 0 Å². The largest absolute Gasteiger partial charge is 0.503 e. The van der Waals surface area contributed by atoms with Crippen LogP contribution in [0.2, 0.25) is 0 Å². The Hall–Kier alpha value is -0.910. The highest BCUT2D eigenvalue weighted by Gasteiger charge is 2.19. The van der Waals surface area contributed by atoms with Crippen LogP contribution >= 0.6 is 11.8 Å². The van der Waals surface area contributed by atoms with Crippen LogP contribution in [-0.2, 0) is 4.74 Å². The Kier molecular flexibility index (Phi) is 7.00. The number of rotatable bonds is 2. The first-order chi connectivity index (χ1) is 6.56. The van der Waals surface area contributed by atoms with Gasteiger partial charge in [0, 0.05) is 5.25 Å². The molecule has 1 unspecified atom stereocenters. The maximum Gasteiger partial charge on any atom is 0.503 e. The van der Waals surface area contributed by atoms with E-state index in [4.69, 9.17) is 19.7 Å². The summed E-state index contributed by atoms with van der Waals surface area (Å²) in [4.78, 5) is 19.2. The summed E-state index contributed by atoms with van der Waals surface area (Å²) in [5.41, 5.74) is 0. The third kappa shape index (κ3) is 7.72. The van der Waals surface area contributed by atoms with Gasteiger partial charge in [0.25, 0.3) is 0 Å². The Labute approximate surface area is 86.4 Å². The SMILES string of the molecule is CCCC1CCOC(=O)S1.O=C(O)O. The Morgan fingerprint density at radius 1 is 1.64 bits per heavy atom. The summed E-state index contributed by atoms with van der Waals surface area (Å²) in [6, 6.07) is 0. The highest BCUT2D eigenvalue weighted by Crippen LogP contribution is 2.25. The van der Waals surface area contributed by atoms with Crippen LogP contribution in [0.1, 0.15) is 26.2 Å². The van der Waals surface area contributed by atoms with Gasteiger partial charge >= 0.3 is 11.5 Å². The first-order valence-corrected chi connectivity index (χ1v) is 5.19. The first-order valence-electron chi connectivity index (χ1n) is 4.31. The van der Waals surface area contributed by atoms with Crippen molar-refractivity contribution in [2.24, 2.45) is 0 Å². The van der Waals surface area contributed by atoms with Crippen LogP contribution in [0.5, 0.6) is 0 Å². The van der Waals surface area contributed by atoms with E-state index < -0.39 is 6.16 Å². The summed E-state index contributed by atoms with van der Waals surface area (Å²) in [6.45, 7) is 2.76. The molecule has 1 heterocycles. The minimum absolute atomic E-state index is 0.0929. The van der Waals surface area contributed by atoms with Gasteiger partial charge in [-0.05, 0) is 24.6 Å². The molecule has 0 amide bonds. The molecule has 5 nitrogen and oxygen atoms in total. The van der Waals surface area contributed by atoms with Crippen molar-refractivity contribution in [1.29, 1.82) is 0 Å². The van der Waals surface area contributed by atoms with Gasteiger partial charge in [0.2, 0.25) is 0 Å². The highest BCUT2D eigenvalue weighted by molar-refractivity contribution is 8.13. The highest BCUT2D eigenvalue weighted by atomic mass is 32.2. The van der Waals surface area contributed by atoms with Crippen molar-refractivity contribution < 1.29 is 24.5 Å². The molecule has 0 aliphatic carbocycles. The van der Waals surface area contributed by atoms with Crippen molar-refractivity contribution in [3.05, 3.63) is 0 Å². The molecule has 0 spiro atoms. The van der Waals surface area contributed by atoms with E-state index in [-0.39, 0.29) is 5.30 Å². The Balaban J connectivity index is 0.000000364. The van der Waals surface area contributed by atoms with Gasteiger partial charge in [0.1, 0.15) is 0 Å². The number of carbonyl (C=O) groups is 2. The van der Waals surface area contributed by atoms with Gasteiger partial charge in [-0.3, -0.25) is 0 Å². The molecular formula is C8H14O5S. The summed E-state index contributed by atoms with van der Waals surface area (Å²) >= 11 is 1.35. The van der Waals surface area contributed by atoms with Crippen LogP contribution in [0.15, 0.2) is 0 Å². The summed E-state index contributed by atoms with van der Waals surface area (Å²) < 4.78 is 4.78. The van der Waals surface area contributed by atoms with E-state index in [9.17, 15) is 4.79 Å². The lowest BCUT2D eigenvalue weighted by molar-refractivity contribution is 0.137. The lowest BCUT2D eigenvalue weighted by Crippen LogP contribution is -2.17. The number of carbonyl (C=O) groups excluding carboxylic acids is 1. The number of hydrogen-bond donors (Lipinski definition) is 2. The molecule has 1 saturated heterocycles. The van der Waals surface area contributed by atoms with Crippen LogP contribution in [0.4, 0.5) is 9.59 Å². The fourth-order valence-corrected chi connectivity index (χ4v) is 2.02. The second-order valence-electron chi connectivity index (χ2n) is 2.70. The zero-order valence-corrected chi connectivity index (χ0v) is 8.75. The topological polar surface area (TPSA) is 83.8 Å². The van der Waals surface area contributed by atoms with Gasteiger partial charge in [0.05, 0.1) is 6.61 Å². The van der Waals surface area contributed by atoms with E-state index in [2.05, 4.69) is 6.92 Å². The predicted octanol–water partition coefficient (Wildman–Crippen LogP) is 2.65. The van der Waals surface area contributed by atoms with Gasteiger partial charge in [-0.1, -0.05) is 13.3 Å². The van der Waals surface area contributed by atoms with E-state index in [1.165, 1.54) is 11.8 Å². The molecule has 6 heteroatoms. The quantitative estimate of drug-likeness (QED) is 0.699. The molecule has 1 atom stereocenters. The van der Waals surface area contributed by atoms with Crippen LogP contribution in [-0.4, -0.2) is 33.5 Å². The molecule has 1 aliphatic rings. The average Bonchev–Trinajstić information content (AvgIpc) is 2.03. The Bertz CT molecular complexity index is 188. The maximum atomic E-state index is 10.7. The number of ether oxygens (including phenoxy) is 1. The van der Waals surface area contributed by atoms with Gasteiger partial charge in [-0.2, -0.15) is 0 Å². The van der Waals surface area contributed by atoms with Gasteiger partial charge < -0.3 is 14.9 Å². The monoisotopic (exact) mass is 222 g/mol. The minimum Gasteiger partial charge on any atom is -0.458 e. The van der Waals surface area contributed by atoms with E-state index in [1.54, 1.807) is 0 Å². The molecule has 0 bridgehead atoms. The molecule has 0 saturated carbocycles. The summed E-state index contributed by atoms with van der Waals surface area (Å²) in [6.07, 6.45) is 1.50. The van der Waals surface area contributed by atoms with Crippen molar-refractivity contribution in [3.8, 4) is 0 Å². The van der Waals surface area contributed by atoms with Gasteiger partial charge in [-0.25, -0.2) is 9.59 Å². The fourth-order valence-electron chi connectivity index (χ4n) is 1.03. The molecule has 0 aromatic carbocycles. The zero-order chi connectivity index (χ0) is 11.0. The molecule has 1 aliphatic heterocycles. The Morgan fingerprint density at radius 2 is 2.21 bits per heavy atom. The van der Waals surface area contributed by atoms with Crippen molar-refractivity contribution in [2.45, 2.75) is 31.4 Å². The third-order valence-electron chi connectivity index (χ3n) is 1.53. The van der Waals surface area contributed by atoms with E-state index in [1.807, 2.05) is 0 Å². The molecule has 0 aromatic rings. The van der Waals surface area contributed by atoms with E-state index >= 15 is 0 Å². The Morgan fingerprint density at radius 3 is 2.64 bits per heavy atom. The molecule has 0 aromatic heterocycles. The molecular weight excluding hydrogens is 208 g/mol. The van der Waals surface area contributed by atoms with Crippen molar-refractivity contribution in [1.82, 2.24) is 0 Å². The smallest absolute Gasteiger partial charge is 0.458 e. The zero-order valence-electron chi connectivity index (χ0n) is 7.93. The molecule has 0 radical (unpaired) electrons.